The Morgan fingerprint density at radius 3 is 3.18 bits per heavy atom. The Morgan fingerprint density at radius 2 is 2.35 bits per heavy atom. The van der Waals surface area contributed by atoms with Crippen LogP contribution in [0, 0.1) is 0 Å². The zero-order chi connectivity index (χ0) is 11.7. The van der Waals surface area contributed by atoms with Crippen LogP contribution in [-0.2, 0) is 13.1 Å². The summed E-state index contributed by atoms with van der Waals surface area (Å²) < 4.78 is 0. The number of amides is 2. The van der Waals surface area contributed by atoms with Gasteiger partial charge in [-0.2, -0.15) is 5.10 Å². The highest BCUT2D eigenvalue weighted by Gasteiger charge is 2.26. The second-order valence-corrected chi connectivity index (χ2v) is 3.80. The summed E-state index contributed by atoms with van der Waals surface area (Å²) in [4.78, 5) is 17.6. The number of aromatic nitrogens is 3. The molecule has 0 saturated carbocycles. The van der Waals surface area contributed by atoms with Gasteiger partial charge in [0.25, 0.3) is 0 Å². The Bertz CT molecular complexity index is 536. The highest BCUT2D eigenvalue weighted by atomic mass is 16.2. The van der Waals surface area contributed by atoms with Crippen LogP contribution in [0.2, 0.25) is 0 Å². The van der Waals surface area contributed by atoms with E-state index in [1.54, 1.807) is 17.3 Å². The first-order chi connectivity index (χ1) is 8.34. The van der Waals surface area contributed by atoms with Crippen LogP contribution in [0.5, 0.6) is 0 Å². The van der Waals surface area contributed by atoms with E-state index >= 15 is 0 Å². The lowest BCUT2D eigenvalue weighted by atomic mass is 10.2. The van der Waals surface area contributed by atoms with Crippen molar-refractivity contribution in [2.45, 2.75) is 13.1 Å². The van der Waals surface area contributed by atoms with Crippen LogP contribution < -0.4 is 10.2 Å². The van der Waals surface area contributed by atoms with E-state index in [9.17, 15) is 4.79 Å². The number of nitrogens with one attached hydrogen (secondary N) is 2. The van der Waals surface area contributed by atoms with Crippen LogP contribution >= 0.6 is 0 Å². The Hall–Kier alpha value is -2.37. The Balaban J connectivity index is 1.91. The Kier molecular flexibility index (Phi) is 2.25. The predicted molar refractivity (Wildman–Crippen MR) is 61.2 cm³/mol. The van der Waals surface area contributed by atoms with Gasteiger partial charge in [-0.05, 0) is 12.1 Å². The lowest BCUT2D eigenvalue weighted by Gasteiger charge is -2.25. The smallest absolute Gasteiger partial charge is 0.323 e. The van der Waals surface area contributed by atoms with Crippen LogP contribution in [-0.4, -0.2) is 21.2 Å². The molecule has 1 aliphatic rings. The number of carbonyl (C=O) groups is 1. The van der Waals surface area contributed by atoms with Gasteiger partial charge in [-0.15, -0.1) is 0 Å². The van der Waals surface area contributed by atoms with E-state index in [0.717, 1.165) is 11.3 Å². The molecule has 2 aromatic rings. The van der Waals surface area contributed by atoms with Crippen LogP contribution in [0.3, 0.4) is 0 Å². The minimum Gasteiger partial charge on any atom is -0.333 e. The molecule has 0 spiro atoms. The molecule has 2 aromatic heterocycles. The molecule has 0 saturated heterocycles. The molecule has 0 radical (unpaired) electrons. The van der Waals surface area contributed by atoms with E-state index < -0.39 is 0 Å². The van der Waals surface area contributed by atoms with Crippen LogP contribution in [0.4, 0.5) is 10.6 Å². The van der Waals surface area contributed by atoms with Crippen molar-refractivity contribution < 1.29 is 4.79 Å². The van der Waals surface area contributed by atoms with Crippen LogP contribution in [0.15, 0.2) is 30.6 Å². The third-order valence-corrected chi connectivity index (χ3v) is 2.67. The molecule has 0 aliphatic carbocycles. The van der Waals surface area contributed by atoms with E-state index in [2.05, 4.69) is 20.5 Å². The van der Waals surface area contributed by atoms with Gasteiger partial charge in [0.15, 0.2) is 5.82 Å². The van der Waals surface area contributed by atoms with Crippen molar-refractivity contribution in [2.75, 3.05) is 4.90 Å². The first-order valence-electron chi connectivity index (χ1n) is 5.32. The second kappa shape index (κ2) is 3.89. The summed E-state index contributed by atoms with van der Waals surface area (Å²) in [6, 6.07) is 5.49. The molecule has 2 N–H and O–H groups in total. The van der Waals surface area contributed by atoms with Gasteiger partial charge in [0.2, 0.25) is 0 Å². The molecular weight excluding hydrogens is 218 g/mol. The maximum Gasteiger partial charge on any atom is 0.323 e. The first-order valence-corrected chi connectivity index (χ1v) is 5.32. The van der Waals surface area contributed by atoms with Gasteiger partial charge < -0.3 is 5.32 Å². The fraction of sp³-hybridized carbons (Fsp3) is 0.182. The van der Waals surface area contributed by atoms with Gasteiger partial charge in [-0.3, -0.25) is 15.0 Å². The fourth-order valence-electron chi connectivity index (χ4n) is 1.83. The molecule has 86 valence electrons. The van der Waals surface area contributed by atoms with E-state index in [4.69, 9.17) is 0 Å². The van der Waals surface area contributed by atoms with E-state index in [-0.39, 0.29) is 6.03 Å². The zero-order valence-corrected chi connectivity index (χ0v) is 9.05. The van der Waals surface area contributed by atoms with Crippen LogP contribution in [0.1, 0.15) is 11.3 Å². The molecule has 2 amide bonds. The number of anilines is 1. The quantitative estimate of drug-likeness (QED) is 0.807. The van der Waals surface area contributed by atoms with Gasteiger partial charge in [-0.25, -0.2) is 4.79 Å². The molecule has 3 rings (SSSR count). The van der Waals surface area contributed by atoms with Crippen molar-refractivity contribution >= 4 is 11.8 Å². The van der Waals surface area contributed by atoms with Crippen molar-refractivity contribution in [1.29, 1.82) is 0 Å². The molecule has 0 atom stereocenters. The molecule has 1 aliphatic heterocycles. The van der Waals surface area contributed by atoms with Crippen molar-refractivity contribution in [3.63, 3.8) is 0 Å². The summed E-state index contributed by atoms with van der Waals surface area (Å²) in [6.07, 6.45) is 3.50. The molecule has 6 heteroatoms. The predicted octanol–water partition coefficient (Wildman–Crippen LogP) is 1.03. The summed E-state index contributed by atoms with van der Waals surface area (Å²) in [5.74, 6) is 0.680. The van der Waals surface area contributed by atoms with Gasteiger partial charge >= 0.3 is 6.03 Å². The summed E-state index contributed by atoms with van der Waals surface area (Å²) in [6.45, 7) is 0.938. The molecule has 0 unspecified atom stereocenters. The molecular formula is C11H11N5O. The third kappa shape index (κ3) is 1.73. The number of aromatic amines is 1. The zero-order valence-electron chi connectivity index (χ0n) is 9.05. The molecule has 17 heavy (non-hydrogen) atoms. The molecule has 6 nitrogen and oxygen atoms in total. The number of nitrogens with zero attached hydrogens (tertiary/aromatic N) is 3. The number of hydrogen-bond donors (Lipinski definition) is 2. The molecule has 0 bridgehead atoms. The van der Waals surface area contributed by atoms with Crippen molar-refractivity contribution in [1.82, 2.24) is 20.5 Å². The molecule has 0 fully saturated rings. The highest BCUT2D eigenvalue weighted by molar-refractivity contribution is 5.93. The summed E-state index contributed by atoms with van der Waals surface area (Å²) in [5.41, 5.74) is 1.82. The second-order valence-electron chi connectivity index (χ2n) is 3.80. The van der Waals surface area contributed by atoms with Crippen molar-refractivity contribution in [2.24, 2.45) is 0 Å². The standard InChI is InChI=1S/C11H11N5O/c17-11-13-5-8-6-14-15-10(8)16(11)7-9-3-1-2-4-12-9/h1-4,6H,5,7H2,(H,13,17)(H,14,15). The third-order valence-electron chi connectivity index (χ3n) is 2.67. The van der Waals surface area contributed by atoms with Gasteiger partial charge in [0.1, 0.15) is 0 Å². The number of H-pyrrole nitrogens is 1. The number of rotatable bonds is 2. The highest BCUT2D eigenvalue weighted by Crippen LogP contribution is 2.22. The fourth-order valence-corrected chi connectivity index (χ4v) is 1.83. The summed E-state index contributed by atoms with van der Waals surface area (Å²) >= 11 is 0. The number of pyridine rings is 1. The topological polar surface area (TPSA) is 73.9 Å². The summed E-state index contributed by atoms with van der Waals surface area (Å²) in [7, 11) is 0. The van der Waals surface area contributed by atoms with Crippen molar-refractivity contribution in [3.8, 4) is 0 Å². The Morgan fingerprint density at radius 1 is 1.41 bits per heavy atom. The average Bonchev–Trinajstić information content (AvgIpc) is 2.83. The minimum absolute atomic E-state index is 0.143. The lowest BCUT2D eigenvalue weighted by molar-refractivity contribution is 0.244. The van der Waals surface area contributed by atoms with Crippen LogP contribution in [0.25, 0.3) is 0 Å². The monoisotopic (exact) mass is 229 g/mol. The number of urea groups is 1. The lowest BCUT2D eigenvalue weighted by Crippen LogP contribution is -2.43. The summed E-state index contributed by atoms with van der Waals surface area (Å²) in [5, 5.41) is 9.66. The number of carbonyl (C=O) groups excluding carboxylic acids is 1. The van der Waals surface area contributed by atoms with E-state index in [1.807, 2.05) is 18.2 Å². The maximum atomic E-state index is 11.8. The van der Waals surface area contributed by atoms with Gasteiger partial charge in [0.05, 0.1) is 12.2 Å². The number of fused-ring (bicyclic) bond motifs is 1. The Labute approximate surface area is 97.7 Å². The van der Waals surface area contributed by atoms with Gasteiger partial charge in [0, 0.05) is 24.5 Å². The van der Waals surface area contributed by atoms with E-state index in [1.165, 1.54) is 0 Å². The molecule has 3 heterocycles. The number of hydrogen-bond acceptors (Lipinski definition) is 3. The van der Waals surface area contributed by atoms with Crippen molar-refractivity contribution in [3.05, 3.63) is 41.9 Å². The normalized spacial score (nSPS) is 14.4. The van der Waals surface area contributed by atoms with Gasteiger partial charge in [-0.1, -0.05) is 6.07 Å². The van der Waals surface area contributed by atoms with E-state index in [0.29, 0.717) is 18.9 Å². The minimum atomic E-state index is -0.143. The maximum absolute atomic E-state index is 11.8. The first kappa shape index (κ1) is 9.83. The molecule has 0 aromatic carbocycles. The largest absolute Gasteiger partial charge is 0.333 e. The average molecular weight is 229 g/mol. The SMILES string of the molecule is O=C1NCc2c[nH]nc2N1Cc1ccccn1.